The molecule has 0 aliphatic carbocycles. The van der Waals surface area contributed by atoms with Gasteiger partial charge in [0.05, 0.1) is 23.5 Å². The molecule has 6 heteroatoms. The Morgan fingerprint density at radius 2 is 1.77 bits per heavy atom. The van der Waals surface area contributed by atoms with Crippen LogP contribution in [0.2, 0.25) is 5.02 Å². The molecule has 154 valence electrons. The molecule has 5 nitrogen and oxygen atoms in total. The first-order valence-corrected chi connectivity index (χ1v) is 10.0. The summed E-state index contributed by atoms with van der Waals surface area (Å²) < 4.78 is 10.8. The van der Waals surface area contributed by atoms with Crippen LogP contribution in [0.3, 0.4) is 0 Å². The third-order valence-electron chi connectivity index (χ3n) is 4.67. The second kappa shape index (κ2) is 9.41. The lowest BCUT2D eigenvalue weighted by atomic mass is 10.0. The first-order valence-electron chi connectivity index (χ1n) is 9.63. The number of aromatic nitrogens is 2. The maximum Gasteiger partial charge on any atom is 0.356 e. The summed E-state index contributed by atoms with van der Waals surface area (Å²) in [6.45, 7) is 0.382. The maximum absolute atomic E-state index is 12.1. The number of hydrogen-bond acceptors (Lipinski definition) is 5. The minimum absolute atomic E-state index is 0.207. The second-order valence-electron chi connectivity index (χ2n) is 6.72. The van der Waals surface area contributed by atoms with E-state index in [1.807, 2.05) is 66.7 Å². The van der Waals surface area contributed by atoms with Gasteiger partial charge in [0.15, 0.2) is 0 Å². The average molecular weight is 431 g/mol. The fourth-order valence-electron chi connectivity index (χ4n) is 3.12. The number of benzene rings is 2. The van der Waals surface area contributed by atoms with Gasteiger partial charge in [-0.25, -0.2) is 9.78 Å². The van der Waals surface area contributed by atoms with Crippen molar-refractivity contribution in [3.8, 4) is 28.3 Å². The van der Waals surface area contributed by atoms with Crippen molar-refractivity contribution in [1.29, 1.82) is 0 Å². The van der Waals surface area contributed by atoms with E-state index < -0.39 is 5.97 Å². The fraction of sp³-hybridized carbons (Fsp3) is 0.0800. The molecule has 2 heterocycles. The second-order valence-corrected chi connectivity index (χ2v) is 7.13. The van der Waals surface area contributed by atoms with E-state index in [0.29, 0.717) is 23.1 Å². The van der Waals surface area contributed by atoms with Crippen LogP contribution in [-0.4, -0.2) is 23.0 Å². The summed E-state index contributed by atoms with van der Waals surface area (Å²) in [6, 6.07) is 24.3. The highest BCUT2D eigenvalue weighted by Crippen LogP contribution is 2.35. The van der Waals surface area contributed by atoms with E-state index in [0.717, 1.165) is 22.4 Å². The Morgan fingerprint density at radius 3 is 2.52 bits per heavy atom. The summed E-state index contributed by atoms with van der Waals surface area (Å²) in [7, 11) is 1.33. The molecule has 2 aromatic carbocycles. The van der Waals surface area contributed by atoms with E-state index in [-0.39, 0.29) is 5.69 Å². The van der Waals surface area contributed by atoms with E-state index in [1.165, 1.54) is 7.11 Å². The molecule has 31 heavy (non-hydrogen) atoms. The Kier molecular flexibility index (Phi) is 6.24. The summed E-state index contributed by atoms with van der Waals surface area (Å²) in [6.07, 6.45) is 1.71. The highest BCUT2D eigenvalue weighted by molar-refractivity contribution is 6.32. The molecule has 0 spiro atoms. The Labute approximate surface area is 185 Å². The molecule has 4 rings (SSSR count). The molecule has 0 atom stereocenters. The number of halogens is 1. The van der Waals surface area contributed by atoms with E-state index in [9.17, 15) is 4.79 Å². The van der Waals surface area contributed by atoms with Crippen LogP contribution in [0.5, 0.6) is 5.75 Å². The highest BCUT2D eigenvalue weighted by Gasteiger charge is 2.17. The van der Waals surface area contributed by atoms with Crippen molar-refractivity contribution in [2.75, 3.05) is 7.11 Å². The van der Waals surface area contributed by atoms with Crippen molar-refractivity contribution in [3.63, 3.8) is 0 Å². The Balaban J connectivity index is 1.76. The largest absolute Gasteiger partial charge is 0.487 e. The number of rotatable bonds is 6. The predicted molar refractivity (Wildman–Crippen MR) is 120 cm³/mol. The normalized spacial score (nSPS) is 10.5. The molecule has 0 bridgehead atoms. The summed E-state index contributed by atoms with van der Waals surface area (Å²) in [5, 5.41) is 0.489. The highest BCUT2D eigenvalue weighted by atomic mass is 35.5. The molecular formula is C25H19ClN2O3. The van der Waals surface area contributed by atoms with Gasteiger partial charge in [-0.15, -0.1) is 0 Å². The molecule has 0 unspecified atom stereocenters. The van der Waals surface area contributed by atoms with Crippen LogP contribution in [-0.2, 0) is 11.3 Å². The lowest BCUT2D eigenvalue weighted by Crippen LogP contribution is -2.06. The number of methoxy groups -OCH3 is 1. The van der Waals surface area contributed by atoms with Gasteiger partial charge in [-0.05, 0) is 42.0 Å². The minimum atomic E-state index is -0.511. The molecule has 0 aliphatic heterocycles. The van der Waals surface area contributed by atoms with E-state index in [4.69, 9.17) is 21.1 Å². The van der Waals surface area contributed by atoms with E-state index in [1.54, 1.807) is 18.3 Å². The minimum Gasteiger partial charge on any atom is -0.487 e. The van der Waals surface area contributed by atoms with Crippen molar-refractivity contribution >= 4 is 17.6 Å². The number of ether oxygens (including phenoxy) is 2. The molecule has 0 fully saturated rings. The lowest BCUT2D eigenvalue weighted by molar-refractivity contribution is 0.0594. The van der Waals surface area contributed by atoms with Crippen LogP contribution in [0.25, 0.3) is 22.5 Å². The Bertz CT molecular complexity index is 1200. The molecule has 0 saturated heterocycles. The van der Waals surface area contributed by atoms with Crippen LogP contribution in [0, 0.1) is 0 Å². The van der Waals surface area contributed by atoms with Gasteiger partial charge in [-0.1, -0.05) is 54.1 Å². The maximum atomic E-state index is 12.1. The van der Waals surface area contributed by atoms with Crippen LogP contribution in [0.4, 0.5) is 0 Å². The summed E-state index contributed by atoms with van der Waals surface area (Å²) in [5.74, 6) is 0.0172. The van der Waals surface area contributed by atoms with Crippen molar-refractivity contribution in [1.82, 2.24) is 9.97 Å². The number of pyridine rings is 2. The smallest absolute Gasteiger partial charge is 0.356 e. The average Bonchev–Trinajstić information content (AvgIpc) is 2.84. The van der Waals surface area contributed by atoms with Crippen LogP contribution in [0.15, 0.2) is 85.1 Å². The zero-order chi connectivity index (χ0) is 21.6. The Hall–Kier alpha value is -3.70. The van der Waals surface area contributed by atoms with Gasteiger partial charge in [-0.3, -0.25) is 4.98 Å². The first kappa shape index (κ1) is 20.6. The molecule has 0 amide bonds. The van der Waals surface area contributed by atoms with Gasteiger partial charge in [0, 0.05) is 17.3 Å². The molecule has 0 N–H and O–H groups in total. The number of nitrogens with zero attached hydrogens (tertiary/aromatic N) is 2. The standard InChI is InChI=1S/C25H19ClN2O3/c1-30-25(29)22-13-11-19(21-9-5-6-14-27-21)24(28-22)18-10-12-20(26)23(15-18)31-16-17-7-3-2-4-8-17/h2-15H,16H2,1H3. The molecule has 0 saturated carbocycles. The molecular weight excluding hydrogens is 412 g/mol. The van der Waals surface area contributed by atoms with Crippen LogP contribution >= 0.6 is 11.6 Å². The zero-order valence-electron chi connectivity index (χ0n) is 16.8. The third-order valence-corrected chi connectivity index (χ3v) is 4.98. The van der Waals surface area contributed by atoms with Crippen LogP contribution < -0.4 is 4.74 Å². The fourth-order valence-corrected chi connectivity index (χ4v) is 3.29. The van der Waals surface area contributed by atoms with Gasteiger partial charge >= 0.3 is 5.97 Å². The number of carbonyl (C=O) groups is 1. The Morgan fingerprint density at radius 1 is 0.968 bits per heavy atom. The summed E-state index contributed by atoms with van der Waals surface area (Å²) in [4.78, 5) is 21.1. The molecule has 4 aromatic rings. The van der Waals surface area contributed by atoms with Gasteiger partial charge < -0.3 is 9.47 Å². The van der Waals surface area contributed by atoms with Gasteiger partial charge in [0.25, 0.3) is 0 Å². The van der Waals surface area contributed by atoms with Crippen molar-refractivity contribution < 1.29 is 14.3 Å². The van der Waals surface area contributed by atoms with E-state index >= 15 is 0 Å². The topological polar surface area (TPSA) is 61.3 Å². The predicted octanol–water partition coefficient (Wildman–Crippen LogP) is 5.83. The van der Waals surface area contributed by atoms with Crippen molar-refractivity contribution in [3.05, 3.63) is 101 Å². The summed E-state index contributed by atoms with van der Waals surface area (Å²) >= 11 is 6.38. The quantitative estimate of drug-likeness (QED) is 0.360. The van der Waals surface area contributed by atoms with Gasteiger partial charge in [-0.2, -0.15) is 0 Å². The SMILES string of the molecule is COC(=O)c1ccc(-c2ccccn2)c(-c2ccc(Cl)c(OCc3ccccc3)c2)n1. The molecule has 0 radical (unpaired) electrons. The van der Waals surface area contributed by atoms with Crippen LogP contribution in [0.1, 0.15) is 16.1 Å². The van der Waals surface area contributed by atoms with E-state index in [2.05, 4.69) is 9.97 Å². The number of hydrogen-bond donors (Lipinski definition) is 0. The van der Waals surface area contributed by atoms with Gasteiger partial charge in [0.1, 0.15) is 18.1 Å². The lowest BCUT2D eigenvalue weighted by Gasteiger charge is -2.13. The van der Waals surface area contributed by atoms with Crippen molar-refractivity contribution in [2.24, 2.45) is 0 Å². The molecule has 2 aromatic heterocycles. The number of carbonyl (C=O) groups excluding carboxylic acids is 1. The number of esters is 1. The third kappa shape index (κ3) is 4.73. The zero-order valence-corrected chi connectivity index (χ0v) is 17.5. The van der Waals surface area contributed by atoms with Gasteiger partial charge in [0.2, 0.25) is 0 Å². The van der Waals surface area contributed by atoms with Crippen molar-refractivity contribution in [2.45, 2.75) is 6.61 Å². The molecule has 0 aliphatic rings. The summed E-state index contributed by atoms with van der Waals surface area (Å²) in [5.41, 5.74) is 4.09. The monoisotopic (exact) mass is 430 g/mol. The first-order chi connectivity index (χ1) is 15.2.